The van der Waals surface area contributed by atoms with Crippen LogP contribution < -0.4 is 16.0 Å². The van der Waals surface area contributed by atoms with Gasteiger partial charge in [0.2, 0.25) is 0 Å². The number of nitrogens with one attached hydrogen (secondary N) is 1. The molecular weight excluding hydrogens is 228 g/mol. The molecule has 0 saturated heterocycles. The Balaban J connectivity index is 3.09. The molecule has 0 radical (unpaired) electrons. The van der Waals surface area contributed by atoms with E-state index < -0.39 is 0 Å². The standard InChI is InChI=1S/C14H24N2O2/c1-9-6-7-12(14(18-5)11(9)3)13(16-15)8-10(2)17-4/h6-7,10,13,16H,8,15H2,1-5H3. The fraction of sp³-hybridized carbons (Fsp3) is 0.571. The minimum absolute atomic E-state index is 0.0224. The van der Waals surface area contributed by atoms with Crippen LogP contribution in [0.1, 0.15) is 36.1 Å². The highest BCUT2D eigenvalue weighted by Gasteiger charge is 2.19. The highest BCUT2D eigenvalue weighted by atomic mass is 16.5. The number of methoxy groups -OCH3 is 2. The van der Waals surface area contributed by atoms with Gasteiger partial charge < -0.3 is 9.47 Å². The molecule has 18 heavy (non-hydrogen) atoms. The molecule has 2 unspecified atom stereocenters. The second-order valence-corrected chi connectivity index (χ2v) is 4.63. The molecule has 0 aliphatic carbocycles. The number of rotatable bonds is 6. The summed E-state index contributed by atoms with van der Waals surface area (Å²) in [6.07, 6.45) is 0.934. The van der Waals surface area contributed by atoms with Gasteiger partial charge in [-0.3, -0.25) is 11.3 Å². The van der Waals surface area contributed by atoms with Gasteiger partial charge in [0.15, 0.2) is 0 Å². The molecule has 0 saturated carbocycles. The third-order valence-corrected chi connectivity index (χ3v) is 3.46. The fourth-order valence-electron chi connectivity index (χ4n) is 2.07. The summed E-state index contributed by atoms with van der Waals surface area (Å²) in [5, 5.41) is 0. The lowest BCUT2D eigenvalue weighted by Gasteiger charge is -2.23. The van der Waals surface area contributed by atoms with Crippen LogP contribution in [0, 0.1) is 13.8 Å². The number of hydrazine groups is 1. The second-order valence-electron chi connectivity index (χ2n) is 4.63. The maximum Gasteiger partial charge on any atom is 0.126 e. The zero-order chi connectivity index (χ0) is 13.7. The van der Waals surface area contributed by atoms with Gasteiger partial charge in [-0.2, -0.15) is 0 Å². The number of aryl methyl sites for hydroxylation is 1. The third-order valence-electron chi connectivity index (χ3n) is 3.46. The largest absolute Gasteiger partial charge is 0.496 e. The lowest BCUT2D eigenvalue weighted by atomic mass is 9.96. The molecule has 4 heteroatoms. The molecule has 0 aromatic heterocycles. The van der Waals surface area contributed by atoms with E-state index in [4.69, 9.17) is 15.3 Å². The Morgan fingerprint density at radius 3 is 2.44 bits per heavy atom. The van der Waals surface area contributed by atoms with Crippen LogP contribution in [0.5, 0.6) is 5.75 Å². The van der Waals surface area contributed by atoms with E-state index in [1.165, 1.54) is 5.56 Å². The lowest BCUT2D eigenvalue weighted by Crippen LogP contribution is -2.31. The summed E-state index contributed by atoms with van der Waals surface area (Å²) >= 11 is 0. The molecule has 1 rings (SSSR count). The average Bonchev–Trinajstić information content (AvgIpc) is 2.38. The first-order chi connectivity index (χ1) is 8.54. The average molecular weight is 252 g/mol. The van der Waals surface area contributed by atoms with Gasteiger partial charge in [-0.05, 0) is 38.3 Å². The second kappa shape index (κ2) is 6.73. The van der Waals surface area contributed by atoms with Crippen LogP contribution >= 0.6 is 0 Å². The summed E-state index contributed by atoms with van der Waals surface area (Å²) in [4.78, 5) is 0. The van der Waals surface area contributed by atoms with Crippen molar-refractivity contribution < 1.29 is 9.47 Å². The molecule has 1 aromatic rings. The predicted molar refractivity (Wildman–Crippen MR) is 73.6 cm³/mol. The van der Waals surface area contributed by atoms with Gasteiger partial charge in [0.05, 0.1) is 19.3 Å². The van der Waals surface area contributed by atoms with Gasteiger partial charge in [-0.15, -0.1) is 0 Å². The Morgan fingerprint density at radius 1 is 1.28 bits per heavy atom. The molecule has 1 aromatic carbocycles. The van der Waals surface area contributed by atoms with E-state index in [0.717, 1.165) is 23.3 Å². The van der Waals surface area contributed by atoms with Crippen LogP contribution in [0.2, 0.25) is 0 Å². The van der Waals surface area contributed by atoms with E-state index in [2.05, 4.69) is 31.4 Å². The molecule has 102 valence electrons. The van der Waals surface area contributed by atoms with Crippen molar-refractivity contribution in [3.05, 3.63) is 28.8 Å². The molecule has 0 spiro atoms. The highest BCUT2D eigenvalue weighted by Crippen LogP contribution is 2.32. The first-order valence-corrected chi connectivity index (χ1v) is 6.18. The predicted octanol–water partition coefficient (Wildman–Crippen LogP) is 2.24. The summed E-state index contributed by atoms with van der Waals surface area (Å²) in [5.41, 5.74) is 6.29. The van der Waals surface area contributed by atoms with Crippen molar-refractivity contribution in [1.29, 1.82) is 0 Å². The number of hydrogen-bond acceptors (Lipinski definition) is 4. The van der Waals surface area contributed by atoms with Crippen LogP contribution in [0.25, 0.3) is 0 Å². The van der Waals surface area contributed by atoms with Crippen LogP contribution in [-0.4, -0.2) is 20.3 Å². The van der Waals surface area contributed by atoms with E-state index in [-0.39, 0.29) is 12.1 Å². The van der Waals surface area contributed by atoms with Gasteiger partial charge in [0.25, 0.3) is 0 Å². The van der Waals surface area contributed by atoms with Crippen molar-refractivity contribution in [3.8, 4) is 5.75 Å². The maximum absolute atomic E-state index is 5.66. The molecule has 0 amide bonds. The minimum atomic E-state index is 0.0224. The van der Waals surface area contributed by atoms with Crippen LogP contribution in [0.4, 0.5) is 0 Å². The summed E-state index contributed by atoms with van der Waals surface area (Å²) in [7, 11) is 3.40. The molecule has 0 fully saturated rings. The van der Waals surface area contributed by atoms with Crippen molar-refractivity contribution in [2.45, 2.75) is 39.3 Å². The van der Waals surface area contributed by atoms with Crippen LogP contribution in [-0.2, 0) is 4.74 Å². The summed E-state index contributed by atoms with van der Waals surface area (Å²) in [6, 6.07) is 4.18. The van der Waals surface area contributed by atoms with Gasteiger partial charge in [0.1, 0.15) is 5.75 Å². The maximum atomic E-state index is 5.66. The monoisotopic (exact) mass is 252 g/mol. The van der Waals surface area contributed by atoms with Gasteiger partial charge in [-0.1, -0.05) is 12.1 Å². The topological polar surface area (TPSA) is 56.5 Å². The Labute approximate surface area is 109 Å². The normalized spacial score (nSPS) is 14.3. The number of hydrogen-bond donors (Lipinski definition) is 2. The van der Waals surface area contributed by atoms with Gasteiger partial charge in [0, 0.05) is 12.7 Å². The molecule has 0 bridgehead atoms. The van der Waals surface area contributed by atoms with Crippen molar-refractivity contribution >= 4 is 0 Å². The molecule has 4 nitrogen and oxygen atoms in total. The fourth-order valence-corrected chi connectivity index (χ4v) is 2.07. The van der Waals surface area contributed by atoms with Crippen molar-refractivity contribution in [1.82, 2.24) is 5.43 Å². The van der Waals surface area contributed by atoms with Crippen molar-refractivity contribution in [2.75, 3.05) is 14.2 Å². The van der Waals surface area contributed by atoms with E-state index >= 15 is 0 Å². The first-order valence-electron chi connectivity index (χ1n) is 6.18. The number of ether oxygens (including phenoxy) is 2. The molecule has 0 heterocycles. The minimum Gasteiger partial charge on any atom is -0.496 e. The molecule has 3 N–H and O–H groups in total. The first kappa shape index (κ1) is 15.0. The van der Waals surface area contributed by atoms with Gasteiger partial charge >= 0.3 is 0 Å². The Morgan fingerprint density at radius 2 is 1.94 bits per heavy atom. The number of benzene rings is 1. The smallest absolute Gasteiger partial charge is 0.126 e. The van der Waals surface area contributed by atoms with Crippen molar-refractivity contribution in [2.24, 2.45) is 5.84 Å². The Bertz CT molecular complexity index is 394. The van der Waals surface area contributed by atoms with Crippen molar-refractivity contribution in [3.63, 3.8) is 0 Å². The molecule has 2 atom stereocenters. The molecule has 0 aliphatic heterocycles. The van der Waals surface area contributed by atoms with E-state index in [0.29, 0.717) is 0 Å². The lowest BCUT2D eigenvalue weighted by molar-refractivity contribution is 0.100. The Kier molecular flexibility index (Phi) is 5.59. The number of nitrogens with two attached hydrogens (primary N) is 1. The zero-order valence-electron chi connectivity index (χ0n) is 11.9. The zero-order valence-corrected chi connectivity index (χ0v) is 11.9. The highest BCUT2D eigenvalue weighted by molar-refractivity contribution is 5.46. The quantitative estimate of drug-likeness (QED) is 0.602. The van der Waals surface area contributed by atoms with E-state index in [1.807, 2.05) is 6.92 Å². The van der Waals surface area contributed by atoms with Crippen LogP contribution in [0.15, 0.2) is 12.1 Å². The van der Waals surface area contributed by atoms with E-state index in [1.54, 1.807) is 14.2 Å². The summed E-state index contributed by atoms with van der Waals surface area (Å²) < 4.78 is 10.8. The third kappa shape index (κ3) is 3.22. The van der Waals surface area contributed by atoms with Crippen LogP contribution in [0.3, 0.4) is 0 Å². The van der Waals surface area contributed by atoms with E-state index in [9.17, 15) is 0 Å². The summed E-state index contributed by atoms with van der Waals surface area (Å²) in [6.45, 7) is 6.16. The molecular formula is C14H24N2O2. The Hall–Kier alpha value is -1.10. The van der Waals surface area contributed by atoms with Gasteiger partial charge in [-0.25, -0.2) is 0 Å². The SMILES string of the molecule is COc1c(C(CC(C)OC)NN)ccc(C)c1C. The summed E-state index contributed by atoms with van der Waals surface area (Å²) in [5.74, 6) is 6.56. The molecule has 0 aliphatic rings.